The predicted octanol–water partition coefficient (Wildman–Crippen LogP) is 2.08. The van der Waals surface area contributed by atoms with Crippen molar-refractivity contribution in [3.63, 3.8) is 0 Å². The van der Waals surface area contributed by atoms with Crippen LogP contribution in [-0.4, -0.2) is 10.2 Å². The van der Waals surface area contributed by atoms with Gasteiger partial charge in [0.05, 0.1) is 6.04 Å². The second-order valence-electron chi connectivity index (χ2n) is 4.90. The zero-order valence-corrected chi connectivity index (χ0v) is 9.03. The van der Waals surface area contributed by atoms with Gasteiger partial charge in [0.1, 0.15) is 0 Å². The molecule has 0 amide bonds. The molecule has 0 aromatic heterocycles. The van der Waals surface area contributed by atoms with Gasteiger partial charge in [0, 0.05) is 11.6 Å². The Morgan fingerprint density at radius 2 is 1.80 bits per heavy atom. The number of hydrogen-bond acceptors (Lipinski definition) is 4. The first-order chi connectivity index (χ1) is 6.89. The van der Waals surface area contributed by atoms with Gasteiger partial charge in [0.25, 0.3) is 0 Å². The first kappa shape index (κ1) is 10.1. The van der Waals surface area contributed by atoms with Gasteiger partial charge >= 0.3 is 0 Å². The van der Waals surface area contributed by atoms with Crippen molar-refractivity contribution >= 4 is 0 Å². The molecule has 1 aliphatic rings. The summed E-state index contributed by atoms with van der Waals surface area (Å²) in [7, 11) is 0. The summed E-state index contributed by atoms with van der Waals surface area (Å²) in [6, 6.07) is 2.98. The molecule has 0 aliphatic carbocycles. The van der Waals surface area contributed by atoms with E-state index in [1.807, 2.05) is 0 Å². The van der Waals surface area contributed by atoms with Crippen molar-refractivity contribution in [3.8, 4) is 17.2 Å². The minimum absolute atomic E-state index is 0.0130. The largest absolute Gasteiger partial charge is 0.504 e. The maximum atomic E-state index is 9.43. The monoisotopic (exact) mass is 209 g/mol. The van der Waals surface area contributed by atoms with Crippen molar-refractivity contribution in [3.05, 3.63) is 17.7 Å². The van der Waals surface area contributed by atoms with E-state index in [0.29, 0.717) is 5.75 Å². The molecule has 2 rings (SSSR count). The van der Waals surface area contributed by atoms with Crippen molar-refractivity contribution < 1.29 is 15.1 Å². The van der Waals surface area contributed by atoms with Crippen LogP contribution in [0, 0.1) is 5.41 Å². The van der Waals surface area contributed by atoms with Crippen LogP contribution < -0.4 is 10.3 Å². The summed E-state index contributed by atoms with van der Waals surface area (Å²) in [5.41, 5.74) is 3.75. The van der Waals surface area contributed by atoms with Crippen LogP contribution in [0.25, 0.3) is 0 Å². The first-order valence-electron chi connectivity index (χ1n) is 4.88. The third kappa shape index (κ3) is 1.61. The highest BCUT2D eigenvalue weighted by molar-refractivity contribution is 5.51. The fraction of sp³-hybridized carbons (Fsp3) is 0.455. The van der Waals surface area contributed by atoms with Crippen molar-refractivity contribution in [2.75, 3.05) is 0 Å². The Bertz CT molecular complexity index is 396. The minimum Gasteiger partial charge on any atom is -0.504 e. The van der Waals surface area contributed by atoms with Gasteiger partial charge in [-0.25, -0.2) is 0 Å². The normalized spacial score (nSPS) is 19.8. The average Bonchev–Trinajstić information content (AvgIpc) is 2.47. The smallest absolute Gasteiger partial charge is 0.161 e. The summed E-state index contributed by atoms with van der Waals surface area (Å²) >= 11 is 0. The molecule has 15 heavy (non-hydrogen) atoms. The minimum atomic E-state index is -0.162. The molecule has 0 bridgehead atoms. The van der Waals surface area contributed by atoms with Gasteiger partial charge in [-0.1, -0.05) is 20.8 Å². The lowest BCUT2D eigenvalue weighted by atomic mass is 9.83. The molecule has 1 aliphatic heterocycles. The highest BCUT2D eigenvalue weighted by atomic mass is 16.7. The molecule has 0 saturated carbocycles. The lowest BCUT2D eigenvalue weighted by molar-refractivity contribution is 0.132. The molecule has 3 N–H and O–H groups in total. The van der Waals surface area contributed by atoms with Gasteiger partial charge in [-0.3, -0.25) is 0 Å². The van der Waals surface area contributed by atoms with Gasteiger partial charge in [0.15, 0.2) is 17.2 Å². The summed E-state index contributed by atoms with van der Waals surface area (Å²) in [5, 5.41) is 18.7. The van der Waals surface area contributed by atoms with Crippen LogP contribution in [0.15, 0.2) is 12.1 Å². The fourth-order valence-corrected chi connectivity index (χ4v) is 1.72. The molecule has 1 aromatic rings. The molecule has 0 radical (unpaired) electrons. The number of hydroxylamine groups is 1. The zero-order chi connectivity index (χ0) is 11.2. The first-order valence-corrected chi connectivity index (χ1v) is 4.88. The number of fused-ring (bicyclic) bond motifs is 1. The quantitative estimate of drug-likeness (QED) is 0.572. The second-order valence-corrected chi connectivity index (χ2v) is 4.90. The van der Waals surface area contributed by atoms with Crippen molar-refractivity contribution in [2.45, 2.75) is 26.8 Å². The summed E-state index contributed by atoms with van der Waals surface area (Å²) in [5.74, 6) is 0.297. The Labute approximate surface area is 88.5 Å². The molecule has 1 unspecified atom stereocenters. The number of rotatable bonds is 0. The Morgan fingerprint density at radius 1 is 1.20 bits per heavy atom. The molecule has 4 nitrogen and oxygen atoms in total. The van der Waals surface area contributed by atoms with Crippen LogP contribution in [0.3, 0.4) is 0 Å². The Hall–Kier alpha value is -1.42. The number of aromatic hydroxyl groups is 2. The number of phenolic OH excluding ortho intramolecular Hbond substituents is 2. The van der Waals surface area contributed by atoms with Crippen molar-refractivity contribution in [2.24, 2.45) is 5.41 Å². The molecular formula is C11H15NO3. The summed E-state index contributed by atoms with van der Waals surface area (Å²) < 4.78 is 0. The van der Waals surface area contributed by atoms with Gasteiger partial charge in [0.2, 0.25) is 0 Å². The Morgan fingerprint density at radius 3 is 2.40 bits per heavy atom. The van der Waals surface area contributed by atoms with E-state index in [9.17, 15) is 10.2 Å². The van der Waals surface area contributed by atoms with E-state index in [4.69, 9.17) is 4.84 Å². The van der Waals surface area contributed by atoms with E-state index < -0.39 is 0 Å². The number of phenols is 2. The summed E-state index contributed by atoms with van der Waals surface area (Å²) in [4.78, 5) is 5.25. The maximum absolute atomic E-state index is 9.43. The number of nitrogens with one attached hydrogen (secondary N) is 1. The molecule has 4 heteroatoms. The van der Waals surface area contributed by atoms with Crippen LogP contribution in [-0.2, 0) is 0 Å². The second kappa shape index (κ2) is 3.03. The van der Waals surface area contributed by atoms with Crippen molar-refractivity contribution in [1.29, 1.82) is 0 Å². The van der Waals surface area contributed by atoms with Gasteiger partial charge in [-0.2, -0.15) is 0 Å². The summed E-state index contributed by atoms with van der Waals surface area (Å²) in [6.07, 6.45) is 0. The van der Waals surface area contributed by atoms with E-state index >= 15 is 0 Å². The molecule has 0 fully saturated rings. The Balaban J connectivity index is 2.47. The molecule has 0 spiro atoms. The van der Waals surface area contributed by atoms with E-state index in [2.05, 4.69) is 26.3 Å². The number of benzene rings is 1. The highest BCUT2D eigenvalue weighted by Gasteiger charge is 2.34. The molecule has 1 aromatic carbocycles. The van der Waals surface area contributed by atoms with Gasteiger partial charge in [-0.05, 0) is 11.5 Å². The molecule has 82 valence electrons. The lowest BCUT2D eigenvalue weighted by Gasteiger charge is -2.25. The highest BCUT2D eigenvalue weighted by Crippen LogP contribution is 2.45. The fourth-order valence-electron chi connectivity index (χ4n) is 1.72. The molecular weight excluding hydrogens is 194 g/mol. The molecule has 0 saturated heterocycles. The number of hydrogen-bond donors (Lipinski definition) is 3. The van der Waals surface area contributed by atoms with E-state index in [1.54, 1.807) is 6.07 Å². The third-order valence-electron chi connectivity index (χ3n) is 2.57. The van der Waals surface area contributed by atoms with Crippen molar-refractivity contribution in [1.82, 2.24) is 5.48 Å². The van der Waals surface area contributed by atoms with Crippen LogP contribution in [0.5, 0.6) is 17.2 Å². The standard InChI is InChI=1S/C11H15NO3/c1-11(2,3)10-6-4-7(13)8(14)5-9(6)15-12-10/h4-5,10,12-14H,1-3H3. The molecule has 1 atom stereocenters. The van der Waals surface area contributed by atoms with E-state index in [-0.39, 0.29) is 23.0 Å². The Kier molecular flexibility index (Phi) is 2.04. The third-order valence-corrected chi connectivity index (χ3v) is 2.57. The topological polar surface area (TPSA) is 61.7 Å². The van der Waals surface area contributed by atoms with Gasteiger partial charge in [-0.15, -0.1) is 5.48 Å². The average molecular weight is 209 g/mol. The van der Waals surface area contributed by atoms with Gasteiger partial charge < -0.3 is 15.1 Å². The van der Waals surface area contributed by atoms with Crippen LogP contribution in [0.2, 0.25) is 0 Å². The zero-order valence-electron chi connectivity index (χ0n) is 9.03. The van der Waals surface area contributed by atoms with Crippen LogP contribution in [0.1, 0.15) is 32.4 Å². The summed E-state index contributed by atoms with van der Waals surface area (Å²) in [6.45, 7) is 6.23. The SMILES string of the molecule is CC(C)(C)C1NOc2cc(O)c(O)cc21. The van der Waals surface area contributed by atoms with Crippen LogP contribution >= 0.6 is 0 Å². The lowest BCUT2D eigenvalue weighted by Crippen LogP contribution is -2.28. The van der Waals surface area contributed by atoms with Crippen LogP contribution in [0.4, 0.5) is 0 Å². The maximum Gasteiger partial charge on any atom is 0.161 e. The predicted molar refractivity (Wildman–Crippen MR) is 55.7 cm³/mol. The van der Waals surface area contributed by atoms with E-state index in [1.165, 1.54) is 6.07 Å². The molecule has 1 heterocycles. The van der Waals surface area contributed by atoms with E-state index in [0.717, 1.165) is 5.56 Å².